The van der Waals surface area contributed by atoms with Crippen molar-refractivity contribution in [3.05, 3.63) is 59.7 Å². The lowest BCUT2D eigenvalue weighted by molar-refractivity contribution is -0.137. The van der Waals surface area contributed by atoms with E-state index < -0.39 is 17.7 Å². The number of nitrogens with one attached hydrogen (secondary N) is 1. The number of alkyl halides is 3. The van der Waals surface area contributed by atoms with Crippen LogP contribution in [0, 0.1) is 0 Å². The van der Waals surface area contributed by atoms with E-state index in [-0.39, 0.29) is 24.5 Å². The molecule has 170 valence electrons. The number of unbranched alkanes of at least 4 members (excludes halogenated alkanes) is 2. The highest BCUT2D eigenvalue weighted by atomic mass is 19.4. The van der Waals surface area contributed by atoms with Gasteiger partial charge in [-0.05, 0) is 36.8 Å². The van der Waals surface area contributed by atoms with E-state index in [0.29, 0.717) is 25.5 Å². The van der Waals surface area contributed by atoms with Gasteiger partial charge in [0.25, 0.3) is 0 Å². The van der Waals surface area contributed by atoms with Gasteiger partial charge in [0.1, 0.15) is 6.61 Å². The summed E-state index contributed by atoms with van der Waals surface area (Å²) in [5.41, 5.74) is 0.0220. The zero-order valence-corrected chi connectivity index (χ0v) is 17.5. The van der Waals surface area contributed by atoms with Gasteiger partial charge in [-0.25, -0.2) is 4.79 Å². The van der Waals surface area contributed by atoms with Crippen molar-refractivity contribution in [2.24, 2.45) is 0 Å². The Morgan fingerprint density at radius 3 is 2.35 bits per heavy atom. The van der Waals surface area contributed by atoms with Gasteiger partial charge in [-0.3, -0.25) is 0 Å². The van der Waals surface area contributed by atoms with E-state index in [0.717, 1.165) is 31.4 Å². The molecular formula is C23H28F3NO4. The predicted octanol–water partition coefficient (Wildman–Crippen LogP) is 5.83. The monoisotopic (exact) mass is 439 g/mol. The molecular weight excluding hydrogens is 411 g/mol. The lowest BCUT2D eigenvalue weighted by atomic mass is 10.1. The molecule has 2 aromatic carbocycles. The van der Waals surface area contributed by atoms with Gasteiger partial charge in [-0.15, -0.1) is 0 Å². The molecule has 0 aliphatic rings. The second-order valence-electron chi connectivity index (χ2n) is 6.82. The number of ether oxygens (including phenoxy) is 3. The van der Waals surface area contributed by atoms with Crippen molar-refractivity contribution in [2.45, 2.75) is 32.4 Å². The van der Waals surface area contributed by atoms with Crippen molar-refractivity contribution in [3.8, 4) is 0 Å². The van der Waals surface area contributed by atoms with Crippen molar-refractivity contribution < 1.29 is 32.2 Å². The summed E-state index contributed by atoms with van der Waals surface area (Å²) in [7, 11) is 0. The molecule has 2 rings (SSSR count). The summed E-state index contributed by atoms with van der Waals surface area (Å²) in [5.74, 6) is -0.588. The molecule has 0 radical (unpaired) electrons. The number of carbonyl (C=O) groups excluding carboxylic acids is 1. The van der Waals surface area contributed by atoms with E-state index in [1.807, 2.05) is 0 Å². The molecule has 1 N–H and O–H groups in total. The van der Waals surface area contributed by atoms with Gasteiger partial charge >= 0.3 is 12.1 Å². The molecule has 0 saturated carbocycles. The highest BCUT2D eigenvalue weighted by Crippen LogP contribution is 2.32. The Labute approximate surface area is 180 Å². The minimum Gasteiger partial charge on any atom is -0.460 e. The van der Waals surface area contributed by atoms with Crippen LogP contribution in [-0.4, -0.2) is 39.0 Å². The van der Waals surface area contributed by atoms with Gasteiger partial charge in [0, 0.05) is 12.3 Å². The number of carbonyl (C=O) groups is 1. The van der Waals surface area contributed by atoms with Crippen LogP contribution in [0.1, 0.15) is 42.1 Å². The van der Waals surface area contributed by atoms with E-state index in [1.165, 1.54) is 12.1 Å². The van der Waals surface area contributed by atoms with Crippen molar-refractivity contribution in [2.75, 3.05) is 38.4 Å². The highest BCUT2D eigenvalue weighted by Gasteiger charge is 2.30. The first-order valence-corrected chi connectivity index (χ1v) is 10.3. The van der Waals surface area contributed by atoms with Crippen molar-refractivity contribution in [3.63, 3.8) is 0 Å². The number of esters is 1. The Bertz CT molecular complexity index is 811. The molecule has 0 amide bonds. The van der Waals surface area contributed by atoms with Crippen LogP contribution < -0.4 is 5.32 Å². The number of hydrogen-bond donors (Lipinski definition) is 1. The lowest BCUT2D eigenvalue weighted by Gasteiger charge is -2.13. The molecule has 0 fully saturated rings. The summed E-state index contributed by atoms with van der Waals surface area (Å²) in [5, 5.41) is 2.86. The van der Waals surface area contributed by atoms with Crippen LogP contribution in [0.5, 0.6) is 0 Å². The summed E-state index contributed by atoms with van der Waals surface area (Å²) in [6.45, 7) is 4.03. The summed E-state index contributed by atoms with van der Waals surface area (Å²) in [6, 6.07) is 11.2. The van der Waals surface area contributed by atoms with Crippen LogP contribution in [0.3, 0.4) is 0 Å². The molecule has 8 heteroatoms. The second kappa shape index (κ2) is 13.0. The van der Waals surface area contributed by atoms with E-state index in [4.69, 9.17) is 14.2 Å². The fourth-order valence-corrected chi connectivity index (χ4v) is 2.75. The van der Waals surface area contributed by atoms with Crippen molar-refractivity contribution in [1.82, 2.24) is 0 Å². The average molecular weight is 439 g/mol. The molecule has 31 heavy (non-hydrogen) atoms. The predicted molar refractivity (Wildman–Crippen MR) is 113 cm³/mol. The standard InChI is InChI=1S/C23H28F3NO4/c1-2-3-6-12-29-13-14-30-15-16-31-22(28)20-10-4-5-11-21(20)27-19-9-7-8-18(17-19)23(24,25)26/h4-5,7-11,17,27H,2-3,6,12-16H2,1H3. The van der Waals surface area contributed by atoms with Gasteiger partial charge < -0.3 is 19.5 Å². The molecule has 0 atom stereocenters. The third kappa shape index (κ3) is 8.98. The minimum absolute atomic E-state index is 0.0621. The number of rotatable bonds is 13. The Hall–Kier alpha value is -2.58. The fraction of sp³-hybridized carbons (Fsp3) is 0.435. The number of para-hydroxylation sites is 1. The molecule has 5 nitrogen and oxygen atoms in total. The Balaban J connectivity index is 1.80. The van der Waals surface area contributed by atoms with Crippen LogP contribution in [-0.2, 0) is 20.4 Å². The molecule has 0 aliphatic carbocycles. The van der Waals surface area contributed by atoms with Crippen molar-refractivity contribution >= 4 is 17.3 Å². The van der Waals surface area contributed by atoms with Gasteiger partial charge in [0.05, 0.1) is 36.6 Å². The first-order chi connectivity index (χ1) is 14.9. The first kappa shape index (κ1) is 24.7. The molecule has 0 unspecified atom stereocenters. The largest absolute Gasteiger partial charge is 0.460 e. The zero-order valence-electron chi connectivity index (χ0n) is 17.5. The third-order valence-corrected chi connectivity index (χ3v) is 4.34. The van der Waals surface area contributed by atoms with E-state index in [2.05, 4.69) is 12.2 Å². The minimum atomic E-state index is -4.45. The maximum atomic E-state index is 12.9. The maximum absolute atomic E-state index is 12.9. The topological polar surface area (TPSA) is 56.8 Å². The van der Waals surface area contributed by atoms with Crippen LogP contribution in [0.25, 0.3) is 0 Å². The normalized spacial score (nSPS) is 11.4. The second-order valence-corrected chi connectivity index (χ2v) is 6.82. The number of anilines is 2. The highest BCUT2D eigenvalue weighted by molar-refractivity contribution is 5.96. The number of halogens is 3. The molecule has 0 spiro atoms. The van der Waals surface area contributed by atoms with E-state index in [1.54, 1.807) is 24.3 Å². The van der Waals surface area contributed by atoms with Gasteiger partial charge in [0.15, 0.2) is 0 Å². The van der Waals surface area contributed by atoms with E-state index in [9.17, 15) is 18.0 Å². The SMILES string of the molecule is CCCCCOCCOCCOC(=O)c1ccccc1Nc1cccc(C(F)(F)F)c1. The molecule has 2 aromatic rings. The van der Waals surface area contributed by atoms with Gasteiger partial charge in [-0.1, -0.05) is 38.0 Å². The van der Waals surface area contributed by atoms with Crippen LogP contribution in [0.4, 0.5) is 24.5 Å². The van der Waals surface area contributed by atoms with Gasteiger partial charge in [-0.2, -0.15) is 13.2 Å². The van der Waals surface area contributed by atoms with E-state index >= 15 is 0 Å². The average Bonchev–Trinajstić information content (AvgIpc) is 2.75. The summed E-state index contributed by atoms with van der Waals surface area (Å²) >= 11 is 0. The third-order valence-electron chi connectivity index (χ3n) is 4.34. The first-order valence-electron chi connectivity index (χ1n) is 10.3. The molecule has 0 aliphatic heterocycles. The molecule has 0 aromatic heterocycles. The molecule has 0 heterocycles. The zero-order chi connectivity index (χ0) is 22.5. The van der Waals surface area contributed by atoms with Crippen LogP contribution >= 0.6 is 0 Å². The van der Waals surface area contributed by atoms with Crippen LogP contribution in [0.2, 0.25) is 0 Å². The Morgan fingerprint density at radius 2 is 1.61 bits per heavy atom. The lowest BCUT2D eigenvalue weighted by Crippen LogP contribution is -2.14. The molecule has 0 bridgehead atoms. The summed E-state index contributed by atoms with van der Waals surface area (Å²) in [4.78, 5) is 12.4. The number of hydrogen-bond acceptors (Lipinski definition) is 5. The van der Waals surface area contributed by atoms with Crippen LogP contribution in [0.15, 0.2) is 48.5 Å². The van der Waals surface area contributed by atoms with Gasteiger partial charge in [0.2, 0.25) is 0 Å². The smallest absolute Gasteiger partial charge is 0.416 e. The van der Waals surface area contributed by atoms with Crippen molar-refractivity contribution in [1.29, 1.82) is 0 Å². The summed E-state index contributed by atoms with van der Waals surface area (Å²) < 4.78 is 54.8. The Kier molecular flexibility index (Phi) is 10.3. The summed E-state index contributed by atoms with van der Waals surface area (Å²) in [6.07, 6.45) is -1.14. The maximum Gasteiger partial charge on any atom is 0.416 e. The fourth-order valence-electron chi connectivity index (χ4n) is 2.75. The molecule has 0 saturated heterocycles. The quantitative estimate of drug-likeness (QED) is 0.314. The number of benzene rings is 2. The Morgan fingerprint density at radius 1 is 0.903 bits per heavy atom.